The lowest BCUT2D eigenvalue weighted by Gasteiger charge is -2.51. The molecule has 1 saturated carbocycles. The summed E-state index contributed by atoms with van der Waals surface area (Å²) in [5.74, 6) is -5.69. The van der Waals surface area contributed by atoms with Gasteiger partial charge in [-0.25, -0.2) is 4.90 Å². The molecule has 6 unspecified atom stereocenters. The molecule has 6 atom stereocenters. The number of allylic oxidation sites excluding steroid dienone is 2. The Hall–Kier alpha value is -3.80. The van der Waals surface area contributed by atoms with E-state index >= 15 is 0 Å². The molecule has 0 radical (unpaired) electrons. The highest BCUT2D eigenvalue weighted by Gasteiger charge is 2.76. The Labute approximate surface area is 249 Å². The van der Waals surface area contributed by atoms with Crippen LogP contribution in [0.1, 0.15) is 24.3 Å². The number of nitrogens with zero attached hydrogens (tertiary/aromatic N) is 3. The van der Waals surface area contributed by atoms with Crippen LogP contribution in [-0.2, 0) is 19.2 Å². The zero-order valence-electron chi connectivity index (χ0n) is 22.2. The second kappa shape index (κ2) is 9.89. The van der Waals surface area contributed by atoms with Gasteiger partial charge in [-0.1, -0.05) is 35.9 Å². The van der Waals surface area contributed by atoms with Crippen LogP contribution >= 0.6 is 23.2 Å². The van der Waals surface area contributed by atoms with Gasteiger partial charge in [0.15, 0.2) is 9.75 Å². The number of aliphatic hydroxyl groups excluding tert-OH is 1. The fourth-order valence-corrected chi connectivity index (χ4v) is 8.11. The summed E-state index contributed by atoms with van der Waals surface area (Å²) in [6.07, 6.45) is 1.75. The molecule has 2 aliphatic carbocycles. The molecule has 0 aromatic heterocycles. The van der Waals surface area contributed by atoms with Crippen LogP contribution in [0, 0.1) is 27.9 Å². The van der Waals surface area contributed by atoms with Crippen molar-refractivity contribution < 1.29 is 33.9 Å². The number of nitro groups is 1. The summed E-state index contributed by atoms with van der Waals surface area (Å²) in [5, 5.41) is 20.8. The molecule has 0 spiro atoms. The van der Waals surface area contributed by atoms with Crippen LogP contribution in [0.5, 0.6) is 5.75 Å². The molecule has 2 aliphatic heterocycles. The average Bonchev–Trinajstić information content (AvgIpc) is 3.31. The van der Waals surface area contributed by atoms with Crippen molar-refractivity contribution in [3.8, 4) is 5.75 Å². The van der Waals surface area contributed by atoms with Crippen molar-refractivity contribution in [3.63, 3.8) is 0 Å². The van der Waals surface area contributed by atoms with E-state index in [0.29, 0.717) is 16.9 Å². The van der Waals surface area contributed by atoms with E-state index in [1.807, 2.05) is 0 Å². The Balaban J connectivity index is 1.50. The van der Waals surface area contributed by atoms with Crippen molar-refractivity contribution in [2.45, 2.75) is 28.5 Å². The number of amides is 4. The molecule has 0 bridgehead atoms. The number of ether oxygens (including phenoxy) is 1. The highest BCUT2D eigenvalue weighted by molar-refractivity contribution is 6.53. The highest BCUT2D eigenvalue weighted by Crippen LogP contribution is 2.66. The number of fused-ring (bicyclic) bond motifs is 4. The highest BCUT2D eigenvalue weighted by atomic mass is 35.5. The van der Waals surface area contributed by atoms with E-state index in [2.05, 4.69) is 0 Å². The van der Waals surface area contributed by atoms with Gasteiger partial charge in [0, 0.05) is 30.7 Å². The number of hydrogen-bond donors (Lipinski definition) is 1. The van der Waals surface area contributed by atoms with Crippen LogP contribution in [0.4, 0.5) is 11.4 Å². The molecular weight excluding hydrogens is 589 g/mol. The van der Waals surface area contributed by atoms with Gasteiger partial charge >= 0.3 is 0 Å². The summed E-state index contributed by atoms with van der Waals surface area (Å²) in [6.45, 7) is -0.320. The minimum Gasteiger partial charge on any atom is -0.491 e. The maximum Gasteiger partial charge on any atom is 0.271 e. The van der Waals surface area contributed by atoms with Crippen LogP contribution in [0.2, 0.25) is 0 Å². The largest absolute Gasteiger partial charge is 0.491 e. The first-order valence-electron chi connectivity index (χ1n) is 13.3. The number of nitro benzene ring substituents is 1. The van der Waals surface area contributed by atoms with Gasteiger partial charge in [-0.15, -0.1) is 23.2 Å². The topological polar surface area (TPSA) is 147 Å². The van der Waals surface area contributed by atoms with E-state index in [1.165, 1.54) is 31.3 Å². The van der Waals surface area contributed by atoms with Gasteiger partial charge in [-0.2, -0.15) is 0 Å². The first-order chi connectivity index (χ1) is 20.0. The standard InChI is InChI=1S/C29H25Cl2N3O8/c1-32-26(38)28(30)14-20-17(23(29(28,31)27(32)39)18-7-2-3-8-21(18)42-12-11-35)9-10-19-22(20)25(37)33(24(19)36)15-5-4-6-16(13-15)34(40)41/h2-9,13,19-20,22-23,35H,10-12,14H2,1H3. The Morgan fingerprint density at radius 2 is 1.79 bits per heavy atom. The number of imide groups is 2. The van der Waals surface area contributed by atoms with Crippen LogP contribution < -0.4 is 9.64 Å². The molecule has 6 rings (SSSR count). The number of likely N-dealkylation sites (tertiary alicyclic amines) is 1. The molecule has 1 N–H and O–H groups in total. The fraction of sp³-hybridized carbons (Fsp3) is 0.379. The molecule has 218 valence electrons. The van der Waals surface area contributed by atoms with E-state index in [4.69, 9.17) is 27.9 Å². The molecule has 2 aromatic carbocycles. The maximum atomic E-state index is 14.0. The number of carbonyl (C=O) groups is 4. The monoisotopic (exact) mass is 613 g/mol. The lowest BCUT2D eigenvalue weighted by Crippen LogP contribution is -2.60. The van der Waals surface area contributed by atoms with Gasteiger partial charge < -0.3 is 9.84 Å². The number of anilines is 1. The third-order valence-electron chi connectivity index (χ3n) is 8.89. The maximum absolute atomic E-state index is 14.0. The number of halogens is 2. The smallest absolute Gasteiger partial charge is 0.271 e. The average molecular weight is 614 g/mol. The minimum atomic E-state index is -1.97. The summed E-state index contributed by atoms with van der Waals surface area (Å²) in [4.78, 5) is 63.7. The minimum absolute atomic E-state index is 0.0455. The quantitative estimate of drug-likeness (QED) is 0.172. The summed E-state index contributed by atoms with van der Waals surface area (Å²) in [7, 11) is 1.30. The van der Waals surface area contributed by atoms with Crippen molar-refractivity contribution >= 4 is 58.2 Å². The fourth-order valence-electron chi connectivity index (χ4n) is 7.10. The third-order valence-corrected chi connectivity index (χ3v) is 10.3. The van der Waals surface area contributed by atoms with Crippen molar-refractivity contribution in [3.05, 3.63) is 75.9 Å². The zero-order valence-corrected chi connectivity index (χ0v) is 23.7. The van der Waals surface area contributed by atoms with Gasteiger partial charge in [0.2, 0.25) is 11.8 Å². The van der Waals surface area contributed by atoms with Gasteiger partial charge in [0.25, 0.3) is 17.5 Å². The summed E-state index contributed by atoms with van der Waals surface area (Å²) < 4.78 is 5.79. The second-order valence-electron chi connectivity index (χ2n) is 10.9. The first-order valence-corrected chi connectivity index (χ1v) is 14.1. The Bertz CT molecular complexity index is 1600. The van der Waals surface area contributed by atoms with E-state index in [0.717, 1.165) is 9.80 Å². The molecule has 4 aliphatic rings. The van der Waals surface area contributed by atoms with Crippen molar-refractivity contribution in [1.82, 2.24) is 4.90 Å². The van der Waals surface area contributed by atoms with Crippen molar-refractivity contribution in [2.24, 2.45) is 17.8 Å². The number of non-ortho nitro benzene ring substituents is 1. The predicted octanol–water partition coefficient (Wildman–Crippen LogP) is 3.16. The molecule has 2 heterocycles. The number of para-hydroxylation sites is 1. The number of hydrogen-bond acceptors (Lipinski definition) is 8. The van der Waals surface area contributed by atoms with Gasteiger partial charge in [0.1, 0.15) is 12.4 Å². The number of rotatable bonds is 6. The van der Waals surface area contributed by atoms with E-state index in [-0.39, 0.29) is 37.4 Å². The lowest BCUT2D eigenvalue weighted by molar-refractivity contribution is -0.384. The van der Waals surface area contributed by atoms with Gasteiger partial charge in [-0.3, -0.25) is 34.2 Å². The molecule has 42 heavy (non-hydrogen) atoms. The molecular formula is C29H25Cl2N3O8. The summed E-state index contributed by atoms with van der Waals surface area (Å²) in [5.41, 5.74) is 0.832. The number of benzene rings is 2. The third kappa shape index (κ3) is 3.69. The molecule has 13 heteroatoms. The van der Waals surface area contributed by atoms with Crippen LogP contribution in [0.15, 0.2) is 60.2 Å². The molecule has 11 nitrogen and oxygen atoms in total. The SMILES string of the molecule is CN1C(=O)C2(Cl)CC3C(=CCC4C(=O)N(c5cccc([N+](=O)[O-])c5)C(=O)C43)C(c3ccccc3OCCO)C2(Cl)C1=O. The lowest BCUT2D eigenvalue weighted by atomic mass is 9.56. The van der Waals surface area contributed by atoms with E-state index in [9.17, 15) is 34.4 Å². The Morgan fingerprint density at radius 1 is 1.05 bits per heavy atom. The van der Waals surface area contributed by atoms with E-state index in [1.54, 1.807) is 30.3 Å². The normalized spacial score (nSPS) is 32.0. The molecule has 4 amide bonds. The van der Waals surface area contributed by atoms with E-state index < -0.39 is 62.0 Å². The van der Waals surface area contributed by atoms with Crippen molar-refractivity contribution in [1.29, 1.82) is 0 Å². The van der Waals surface area contributed by atoms with Crippen molar-refractivity contribution in [2.75, 3.05) is 25.2 Å². The number of alkyl halides is 2. The van der Waals surface area contributed by atoms with Crippen LogP contribution in [-0.4, -0.2) is 68.6 Å². The second-order valence-corrected chi connectivity index (χ2v) is 12.1. The Kier molecular flexibility index (Phi) is 6.67. The summed E-state index contributed by atoms with van der Waals surface area (Å²) in [6, 6.07) is 12.0. The molecule has 2 saturated heterocycles. The number of aliphatic hydroxyl groups is 1. The predicted molar refractivity (Wildman–Crippen MR) is 150 cm³/mol. The molecule has 3 fully saturated rings. The summed E-state index contributed by atoms with van der Waals surface area (Å²) >= 11 is 14.4. The number of carbonyl (C=O) groups excluding carboxylic acids is 4. The molecule has 2 aromatic rings. The Morgan fingerprint density at radius 3 is 2.50 bits per heavy atom. The zero-order chi connectivity index (χ0) is 30.1. The van der Waals surface area contributed by atoms with Crippen LogP contribution in [0.25, 0.3) is 0 Å². The van der Waals surface area contributed by atoms with Gasteiger partial charge in [0.05, 0.1) is 29.1 Å². The van der Waals surface area contributed by atoms with Crippen LogP contribution in [0.3, 0.4) is 0 Å². The van der Waals surface area contributed by atoms with Gasteiger partial charge in [-0.05, 0) is 30.9 Å². The first kappa shape index (κ1) is 28.3.